The molecule has 1 aliphatic heterocycles. The highest BCUT2D eigenvalue weighted by Crippen LogP contribution is 2.29. The Balaban J connectivity index is 0.00000103. The van der Waals surface area contributed by atoms with Gasteiger partial charge in [0.25, 0.3) is 6.47 Å². The van der Waals surface area contributed by atoms with Crippen LogP contribution in [0.15, 0.2) is 36.5 Å². The molecule has 1 fully saturated rings. The fraction of sp³-hybridized carbons (Fsp3) is 0.480. The van der Waals surface area contributed by atoms with Gasteiger partial charge in [-0.1, -0.05) is 32.0 Å². The zero-order valence-corrected chi connectivity index (χ0v) is 20.6. The highest BCUT2D eigenvalue weighted by molar-refractivity contribution is 5.69. The van der Waals surface area contributed by atoms with Gasteiger partial charge in [-0.2, -0.15) is 9.61 Å². The molecule has 0 bridgehead atoms. The molecule has 4 rings (SSSR count). The predicted octanol–water partition coefficient (Wildman–Crippen LogP) is 2.71. The van der Waals surface area contributed by atoms with Crippen molar-refractivity contribution in [3.63, 3.8) is 0 Å². The molecule has 0 unspecified atom stereocenters. The number of aromatic nitrogens is 3. The first-order valence-corrected chi connectivity index (χ1v) is 11.7. The molecule has 0 amide bonds. The molecule has 34 heavy (non-hydrogen) atoms. The number of hydrogen-bond acceptors (Lipinski definition) is 7. The first kappa shape index (κ1) is 25.6. The third kappa shape index (κ3) is 6.31. The number of rotatable bonds is 8. The first-order chi connectivity index (χ1) is 16.5. The molecule has 1 saturated heterocycles. The van der Waals surface area contributed by atoms with Crippen molar-refractivity contribution in [2.24, 2.45) is 0 Å². The van der Waals surface area contributed by atoms with Crippen molar-refractivity contribution in [3.8, 4) is 11.3 Å². The molecule has 3 aromatic rings. The van der Waals surface area contributed by atoms with Crippen LogP contribution in [0, 0.1) is 0 Å². The lowest BCUT2D eigenvalue weighted by Crippen LogP contribution is -2.37. The summed E-state index contributed by atoms with van der Waals surface area (Å²) in [4.78, 5) is 18.1. The summed E-state index contributed by atoms with van der Waals surface area (Å²) in [7, 11) is 4.15. The average molecular weight is 469 g/mol. The quantitative estimate of drug-likeness (QED) is 0.488. The fourth-order valence-electron chi connectivity index (χ4n) is 4.06. The largest absolute Gasteiger partial charge is 0.483 e. The fourth-order valence-corrected chi connectivity index (χ4v) is 4.06. The normalized spacial score (nSPS) is 13.9. The van der Waals surface area contributed by atoms with E-state index >= 15 is 0 Å². The van der Waals surface area contributed by atoms with Gasteiger partial charge in [0.15, 0.2) is 5.65 Å². The molecule has 9 nitrogen and oxygen atoms in total. The van der Waals surface area contributed by atoms with Crippen molar-refractivity contribution in [1.29, 1.82) is 0 Å². The summed E-state index contributed by atoms with van der Waals surface area (Å²) in [5.41, 5.74) is 5.57. The minimum Gasteiger partial charge on any atom is -0.483 e. The lowest BCUT2D eigenvalue weighted by molar-refractivity contribution is -0.122. The van der Waals surface area contributed by atoms with Crippen LogP contribution in [0.3, 0.4) is 0 Å². The van der Waals surface area contributed by atoms with Crippen molar-refractivity contribution in [2.45, 2.75) is 26.3 Å². The third-order valence-corrected chi connectivity index (χ3v) is 5.86. The Morgan fingerprint density at radius 2 is 2.00 bits per heavy atom. The van der Waals surface area contributed by atoms with E-state index in [9.17, 15) is 0 Å². The van der Waals surface area contributed by atoms with E-state index < -0.39 is 0 Å². The van der Waals surface area contributed by atoms with Crippen LogP contribution in [0.25, 0.3) is 16.9 Å². The topological polar surface area (TPSA) is 95.2 Å². The van der Waals surface area contributed by atoms with Crippen molar-refractivity contribution in [2.75, 3.05) is 58.4 Å². The number of fused-ring (bicyclic) bond motifs is 1. The average Bonchev–Trinajstić information content (AvgIpc) is 3.28. The van der Waals surface area contributed by atoms with Crippen molar-refractivity contribution in [1.82, 2.24) is 24.8 Å². The van der Waals surface area contributed by atoms with Gasteiger partial charge < -0.3 is 25.0 Å². The summed E-state index contributed by atoms with van der Waals surface area (Å²) >= 11 is 0. The summed E-state index contributed by atoms with van der Waals surface area (Å²) < 4.78 is 7.58. The summed E-state index contributed by atoms with van der Waals surface area (Å²) in [5.74, 6) is 1.46. The van der Waals surface area contributed by atoms with Gasteiger partial charge in [-0.25, -0.2) is 4.98 Å². The number of benzene rings is 1. The zero-order chi connectivity index (χ0) is 24.5. The smallest absolute Gasteiger partial charge is 0.290 e. The molecule has 3 heterocycles. The van der Waals surface area contributed by atoms with Crippen LogP contribution in [-0.2, 0) is 16.1 Å². The molecule has 1 aromatic carbocycles. The number of morpholine rings is 1. The van der Waals surface area contributed by atoms with Gasteiger partial charge in [0.2, 0.25) is 0 Å². The van der Waals surface area contributed by atoms with Gasteiger partial charge >= 0.3 is 0 Å². The Morgan fingerprint density at radius 1 is 1.26 bits per heavy atom. The number of anilines is 1. The molecule has 9 heteroatoms. The zero-order valence-electron chi connectivity index (χ0n) is 20.6. The molecule has 0 saturated carbocycles. The van der Waals surface area contributed by atoms with E-state index in [4.69, 9.17) is 24.7 Å². The van der Waals surface area contributed by atoms with Crippen LogP contribution >= 0.6 is 0 Å². The number of nitrogens with zero attached hydrogens (tertiary/aromatic N) is 5. The van der Waals surface area contributed by atoms with Gasteiger partial charge in [-0.05, 0) is 31.6 Å². The molecule has 1 aliphatic rings. The van der Waals surface area contributed by atoms with Crippen LogP contribution in [0.1, 0.15) is 30.9 Å². The molecular weight excluding hydrogens is 432 g/mol. The van der Waals surface area contributed by atoms with Crippen molar-refractivity contribution < 1.29 is 14.6 Å². The predicted molar refractivity (Wildman–Crippen MR) is 134 cm³/mol. The van der Waals surface area contributed by atoms with Gasteiger partial charge in [-0.15, -0.1) is 0 Å². The number of ether oxygens (including phenoxy) is 1. The van der Waals surface area contributed by atoms with E-state index in [1.807, 2.05) is 17.8 Å². The second kappa shape index (κ2) is 12.5. The molecule has 2 N–H and O–H groups in total. The Kier molecular flexibility index (Phi) is 9.38. The lowest BCUT2D eigenvalue weighted by Gasteiger charge is -2.29. The Bertz CT molecular complexity index is 1060. The van der Waals surface area contributed by atoms with Crippen LogP contribution in [-0.4, -0.2) is 84.6 Å². The first-order valence-electron chi connectivity index (χ1n) is 11.7. The minimum atomic E-state index is -0.250. The molecule has 0 spiro atoms. The summed E-state index contributed by atoms with van der Waals surface area (Å²) in [5, 5.41) is 14.8. The molecule has 184 valence electrons. The van der Waals surface area contributed by atoms with E-state index in [2.05, 4.69) is 66.3 Å². The number of likely N-dealkylation sites (N-methyl/N-ethyl adjacent to an activating group) is 2. The Hall–Kier alpha value is -3.01. The standard InChI is InChI=1S/C24H34N6O.CH2O2/c1-18(2)21-16-26-30-23(29-10-12-31-13-11-29)15-22(27-24(21)30)20-7-5-6-19(14-20)17-28(4)9-8-25-3;2-1-3/h5-7,14-16,18,25H,8-13,17H2,1-4H3;1H,(H,2,3). The van der Waals surface area contributed by atoms with Crippen LogP contribution in [0.5, 0.6) is 0 Å². The number of carbonyl (C=O) groups is 1. The minimum absolute atomic E-state index is 0.250. The highest BCUT2D eigenvalue weighted by Gasteiger charge is 2.20. The highest BCUT2D eigenvalue weighted by atomic mass is 16.5. The van der Waals surface area contributed by atoms with Crippen LogP contribution in [0.4, 0.5) is 5.82 Å². The van der Waals surface area contributed by atoms with E-state index in [1.54, 1.807) is 0 Å². The second-order valence-corrected chi connectivity index (χ2v) is 8.74. The third-order valence-electron chi connectivity index (χ3n) is 5.86. The summed E-state index contributed by atoms with van der Waals surface area (Å²) in [6, 6.07) is 10.9. The van der Waals surface area contributed by atoms with E-state index in [-0.39, 0.29) is 6.47 Å². The van der Waals surface area contributed by atoms with E-state index in [0.717, 1.165) is 68.7 Å². The molecular formula is C25H36N6O3. The monoisotopic (exact) mass is 468 g/mol. The van der Waals surface area contributed by atoms with Gasteiger partial charge in [0, 0.05) is 49.9 Å². The molecule has 0 atom stereocenters. The van der Waals surface area contributed by atoms with Gasteiger partial charge in [0.1, 0.15) is 5.82 Å². The maximum atomic E-state index is 8.36. The molecule has 0 aliphatic carbocycles. The van der Waals surface area contributed by atoms with Gasteiger partial charge in [0.05, 0.1) is 25.1 Å². The van der Waals surface area contributed by atoms with E-state index in [0.29, 0.717) is 5.92 Å². The summed E-state index contributed by atoms with van der Waals surface area (Å²) in [6.45, 7) is 10.3. The van der Waals surface area contributed by atoms with Gasteiger partial charge in [-0.3, -0.25) is 4.79 Å². The molecule has 2 aromatic heterocycles. The number of carboxylic acid groups (broad SMARTS) is 1. The van der Waals surface area contributed by atoms with Crippen molar-refractivity contribution >= 4 is 17.9 Å². The maximum Gasteiger partial charge on any atom is 0.290 e. The van der Waals surface area contributed by atoms with Crippen molar-refractivity contribution in [3.05, 3.63) is 47.7 Å². The Labute approximate surface area is 201 Å². The second-order valence-electron chi connectivity index (χ2n) is 8.74. The number of nitrogens with one attached hydrogen (secondary N) is 1. The summed E-state index contributed by atoms with van der Waals surface area (Å²) in [6.07, 6.45) is 1.97. The lowest BCUT2D eigenvalue weighted by atomic mass is 10.1. The number of hydrogen-bond donors (Lipinski definition) is 2. The van der Waals surface area contributed by atoms with Crippen LogP contribution in [0.2, 0.25) is 0 Å². The molecule has 0 radical (unpaired) electrons. The SMILES string of the molecule is CNCCN(C)Cc1cccc(-c2cc(N3CCOCC3)n3ncc(C(C)C)c3n2)c1.O=CO. The van der Waals surface area contributed by atoms with E-state index in [1.165, 1.54) is 11.1 Å². The van der Waals surface area contributed by atoms with Crippen LogP contribution < -0.4 is 10.2 Å². The Morgan fingerprint density at radius 3 is 2.68 bits per heavy atom. The maximum absolute atomic E-state index is 8.36.